The number of nitrogens with zero attached hydrogens (tertiary/aromatic N) is 2. The number of nitrogens with two attached hydrogens (primary N) is 1. The second-order valence-corrected chi connectivity index (χ2v) is 8.64. The van der Waals surface area contributed by atoms with E-state index in [1.807, 2.05) is 11.8 Å². The van der Waals surface area contributed by atoms with Gasteiger partial charge >= 0.3 is 0 Å². The quantitative estimate of drug-likeness (QED) is 0.709. The Balaban J connectivity index is 1.69. The van der Waals surface area contributed by atoms with Crippen LogP contribution in [0.5, 0.6) is 0 Å². The smallest absolute Gasteiger partial charge is 0.140 e. The van der Waals surface area contributed by atoms with Gasteiger partial charge < -0.3 is 5.73 Å². The van der Waals surface area contributed by atoms with Crippen molar-refractivity contribution in [3.05, 3.63) is 15.1 Å². The largest absolute Gasteiger partial charge is 0.383 e. The van der Waals surface area contributed by atoms with Gasteiger partial charge in [-0.3, -0.25) is 0 Å². The van der Waals surface area contributed by atoms with Crippen LogP contribution in [0.3, 0.4) is 0 Å². The fraction of sp³-hybridized carbons (Fsp3) is 0.750. The summed E-state index contributed by atoms with van der Waals surface area (Å²) in [6.07, 6.45) is 12.1. The van der Waals surface area contributed by atoms with Gasteiger partial charge in [-0.15, -0.1) is 0 Å². The summed E-state index contributed by atoms with van der Waals surface area (Å²) < 4.78 is 1.09. The molecule has 0 saturated heterocycles. The molecule has 0 aliphatic heterocycles. The molecule has 2 aliphatic rings. The van der Waals surface area contributed by atoms with Crippen LogP contribution in [0.25, 0.3) is 0 Å². The topological polar surface area (TPSA) is 51.8 Å². The maximum Gasteiger partial charge on any atom is 0.140 e. The Hall–Kier alpha value is -0.0400. The van der Waals surface area contributed by atoms with Crippen LogP contribution in [0.15, 0.2) is 0 Å². The highest BCUT2D eigenvalue weighted by molar-refractivity contribution is 14.1. The van der Waals surface area contributed by atoms with E-state index in [9.17, 15) is 0 Å². The summed E-state index contributed by atoms with van der Waals surface area (Å²) in [5, 5.41) is 0.804. The lowest BCUT2D eigenvalue weighted by Gasteiger charge is -2.21. The zero-order valence-corrected chi connectivity index (χ0v) is 15.5. The number of thioether (sulfide) groups is 1. The molecule has 2 N–H and O–H groups in total. The highest BCUT2D eigenvalue weighted by atomic mass is 127. The normalized spacial score (nSPS) is 21.0. The Morgan fingerprint density at radius 2 is 1.67 bits per heavy atom. The third-order valence-electron chi connectivity index (χ3n) is 4.69. The lowest BCUT2D eigenvalue weighted by molar-refractivity contribution is 0.516. The molecule has 0 bridgehead atoms. The minimum atomic E-state index is 0.612. The van der Waals surface area contributed by atoms with Crippen LogP contribution in [0.2, 0.25) is 0 Å². The van der Waals surface area contributed by atoms with E-state index < -0.39 is 0 Å². The van der Waals surface area contributed by atoms with Gasteiger partial charge in [0.15, 0.2) is 0 Å². The molecule has 3 rings (SSSR count). The Labute approximate surface area is 145 Å². The van der Waals surface area contributed by atoms with Gasteiger partial charge in [-0.2, -0.15) is 11.8 Å². The van der Waals surface area contributed by atoms with E-state index in [-0.39, 0.29) is 0 Å². The summed E-state index contributed by atoms with van der Waals surface area (Å²) in [6.45, 7) is 0. The SMILES string of the molecule is Nc1nc(CSC2CCCCC2)nc(C2CCCC2)c1I. The molecule has 0 aromatic carbocycles. The number of nitrogen functional groups attached to an aromatic ring is 1. The molecule has 1 aromatic heterocycles. The van der Waals surface area contributed by atoms with E-state index in [2.05, 4.69) is 27.6 Å². The van der Waals surface area contributed by atoms with E-state index in [4.69, 9.17) is 10.7 Å². The van der Waals surface area contributed by atoms with Crippen molar-refractivity contribution in [1.82, 2.24) is 9.97 Å². The number of halogens is 1. The van der Waals surface area contributed by atoms with Crippen molar-refractivity contribution in [2.75, 3.05) is 5.73 Å². The number of anilines is 1. The van der Waals surface area contributed by atoms with Crippen molar-refractivity contribution >= 4 is 40.2 Å². The van der Waals surface area contributed by atoms with Crippen LogP contribution in [0, 0.1) is 3.57 Å². The molecule has 0 atom stereocenters. The first-order valence-corrected chi connectivity index (χ1v) is 10.3. The monoisotopic (exact) mass is 417 g/mol. The Morgan fingerprint density at radius 3 is 2.38 bits per heavy atom. The molecule has 5 heteroatoms. The van der Waals surface area contributed by atoms with E-state index in [1.54, 1.807) is 0 Å². The summed E-state index contributed by atoms with van der Waals surface area (Å²) in [4.78, 5) is 9.41. The van der Waals surface area contributed by atoms with Crippen LogP contribution < -0.4 is 5.73 Å². The first-order chi connectivity index (χ1) is 10.2. The van der Waals surface area contributed by atoms with Crippen LogP contribution in [0.4, 0.5) is 5.82 Å². The second-order valence-electron chi connectivity index (χ2n) is 6.28. The number of rotatable bonds is 4. The molecule has 0 unspecified atom stereocenters. The minimum absolute atomic E-state index is 0.612. The molecule has 2 saturated carbocycles. The van der Waals surface area contributed by atoms with Crippen LogP contribution >= 0.6 is 34.4 Å². The van der Waals surface area contributed by atoms with Gasteiger partial charge in [-0.05, 0) is 48.3 Å². The molecule has 116 valence electrons. The molecule has 2 aliphatic carbocycles. The first-order valence-electron chi connectivity index (χ1n) is 8.17. The molecule has 21 heavy (non-hydrogen) atoms. The molecule has 3 nitrogen and oxygen atoms in total. The van der Waals surface area contributed by atoms with Crippen molar-refractivity contribution in [2.45, 2.75) is 74.7 Å². The van der Waals surface area contributed by atoms with Crippen LogP contribution in [-0.4, -0.2) is 15.2 Å². The van der Waals surface area contributed by atoms with Gasteiger partial charge in [0.05, 0.1) is 15.0 Å². The zero-order valence-electron chi connectivity index (χ0n) is 12.5. The fourth-order valence-electron chi connectivity index (χ4n) is 3.49. The van der Waals surface area contributed by atoms with E-state index in [0.717, 1.165) is 20.4 Å². The van der Waals surface area contributed by atoms with Gasteiger partial charge in [0.1, 0.15) is 11.6 Å². The van der Waals surface area contributed by atoms with Crippen molar-refractivity contribution in [2.24, 2.45) is 0 Å². The summed E-state index contributed by atoms with van der Waals surface area (Å²) in [6, 6.07) is 0. The van der Waals surface area contributed by atoms with Crippen molar-refractivity contribution in [3.8, 4) is 0 Å². The van der Waals surface area contributed by atoms with Crippen LogP contribution in [-0.2, 0) is 5.75 Å². The average molecular weight is 417 g/mol. The Kier molecular flexibility index (Phi) is 5.65. The van der Waals surface area contributed by atoms with E-state index >= 15 is 0 Å². The van der Waals surface area contributed by atoms with E-state index in [0.29, 0.717) is 11.7 Å². The van der Waals surface area contributed by atoms with Gasteiger partial charge in [-0.1, -0.05) is 32.1 Å². The van der Waals surface area contributed by atoms with Gasteiger partial charge in [0.2, 0.25) is 0 Å². The Bertz CT molecular complexity index is 483. The summed E-state index contributed by atoms with van der Waals surface area (Å²) in [5.74, 6) is 3.17. The highest BCUT2D eigenvalue weighted by Crippen LogP contribution is 2.37. The molecule has 0 amide bonds. The van der Waals surface area contributed by atoms with Crippen molar-refractivity contribution in [1.29, 1.82) is 0 Å². The summed E-state index contributed by atoms with van der Waals surface area (Å²) >= 11 is 4.36. The lowest BCUT2D eigenvalue weighted by Crippen LogP contribution is -2.12. The maximum atomic E-state index is 6.13. The number of aromatic nitrogens is 2. The second kappa shape index (κ2) is 7.49. The molecule has 0 spiro atoms. The molecule has 1 heterocycles. The fourth-order valence-corrected chi connectivity index (χ4v) is 5.35. The van der Waals surface area contributed by atoms with Gasteiger partial charge in [0, 0.05) is 11.2 Å². The van der Waals surface area contributed by atoms with Crippen LogP contribution in [0.1, 0.15) is 75.2 Å². The van der Waals surface area contributed by atoms with Gasteiger partial charge in [0.25, 0.3) is 0 Å². The highest BCUT2D eigenvalue weighted by Gasteiger charge is 2.23. The molecule has 1 aromatic rings. The average Bonchev–Trinajstić information content (AvgIpc) is 3.03. The number of hydrogen-bond acceptors (Lipinski definition) is 4. The van der Waals surface area contributed by atoms with Crippen molar-refractivity contribution in [3.63, 3.8) is 0 Å². The van der Waals surface area contributed by atoms with Crippen molar-refractivity contribution < 1.29 is 0 Å². The first kappa shape index (κ1) is 15.8. The summed E-state index contributed by atoms with van der Waals surface area (Å²) in [7, 11) is 0. The predicted octanol–water partition coefficient (Wildman–Crippen LogP) is 4.89. The van der Waals surface area contributed by atoms with Gasteiger partial charge in [-0.25, -0.2) is 9.97 Å². The molecule has 0 radical (unpaired) electrons. The van der Waals surface area contributed by atoms with E-state index in [1.165, 1.54) is 63.5 Å². The molecule has 2 fully saturated rings. The molecular weight excluding hydrogens is 393 g/mol. The maximum absolute atomic E-state index is 6.13. The minimum Gasteiger partial charge on any atom is -0.383 e. The third kappa shape index (κ3) is 4.03. The Morgan fingerprint density at radius 1 is 1.00 bits per heavy atom. The lowest BCUT2D eigenvalue weighted by atomic mass is 10.0. The molecular formula is C16H24IN3S. The predicted molar refractivity (Wildman–Crippen MR) is 98.5 cm³/mol. The third-order valence-corrected chi connectivity index (χ3v) is 7.16. The summed E-state index contributed by atoms with van der Waals surface area (Å²) in [5.41, 5.74) is 7.35. The number of hydrogen-bond donors (Lipinski definition) is 1. The zero-order chi connectivity index (χ0) is 14.7. The standard InChI is InChI=1S/C16H24IN3S/c17-14-15(11-6-4-5-7-11)19-13(20-16(14)18)10-21-12-8-2-1-3-9-12/h11-12H,1-10H2,(H2,18,19,20).